The van der Waals surface area contributed by atoms with Crippen molar-refractivity contribution in [1.82, 2.24) is 10.6 Å². The predicted octanol–water partition coefficient (Wildman–Crippen LogP) is 2.46. The van der Waals surface area contributed by atoms with Crippen molar-refractivity contribution in [3.05, 3.63) is 34.3 Å². The molecule has 3 nitrogen and oxygen atoms in total. The fourth-order valence-corrected chi connectivity index (χ4v) is 1.88. The third kappa shape index (κ3) is 6.44. The molecule has 1 aromatic rings. The number of carbonyl (C=O) groups excluding carboxylic acids is 1. The van der Waals surface area contributed by atoms with Crippen molar-refractivity contribution < 1.29 is 4.79 Å². The molecular weight excluding hydrogens is 280 g/mol. The summed E-state index contributed by atoms with van der Waals surface area (Å²) in [6.45, 7) is 3.96. The van der Waals surface area contributed by atoms with Crippen LogP contribution in [-0.2, 0) is 11.3 Å². The Morgan fingerprint density at radius 2 is 2.24 bits per heavy atom. The predicted molar refractivity (Wildman–Crippen MR) is 73.8 cm³/mol. The Morgan fingerprint density at radius 3 is 2.94 bits per heavy atom. The number of rotatable bonds is 7. The highest BCUT2D eigenvalue weighted by molar-refractivity contribution is 9.10. The van der Waals surface area contributed by atoms with Gasteiger partial charge in [-0.2, -0.15) is 0 Å². The molecule has 0 saturated heterocycles. The second-order valence-corrected chi connectivity index (χ2v) is 4.85. The highest BCUT2D eigenvalue weighted by Crippen LogP contribution is 2.10. The van der Waals surface area contributed by atoms with Crippen LogP contribution in [0, 0.1) is 0 Å². The van der Waals surface area contributed by atoms with E-state index < -0.39 is 0 Å². The molecule has 1 aromatic carbocycles. The largest absolute Gasteiger partial charge is 0.355 e. The zero-order chi connectivity index (χ0) is 12.5. The monoisotopic (exact) mass is 298 g/mol. The van der Waals surface area contributed by atoms with Crippen LogP contribution < -0.4 is 10.6 Å². The summed E-state index contributed by atoms with van der Waals surface area (Å²) >= 11 is 3.42. The highest BCUT2D eigenvalue weighted by atomic mass is 79.9. The molecule has 0 saturated carbocycles. The molecular formula is C13H19BrN2O. The number of benzene rings is 1. The normalized spacial score (nSPS) is 10.2. The first-order valence-corrected chi connectivity index (χ1v) is 6.73. The fraction of sp³-hybridized carbons (Fsp3) is 0.462. The van der Waals surface area contributed by atoms with Gasteiger partial charge in [-0.15, -0.1) is 0 Å². The maximum Gasteiger partial charge on any atom is 0.233 e. The third-order valence-corrected chi connectivity index (χ3v) is 2.85. The van der Waals surface area contributed by atoms with Gasteiger partial charge in [-0.3, -0.25) is 4.79 Å². The van der Waals surface area contributed by atoms with Gasteiger partial charge in [-0.25, -0.2) is 0 Å². The summed E-state index contributed by atoms with van der Waals surface area (Å²) in [6.07, 6.45) is 2.14. The average Bonchev–Trinajstić information content (AvgIpc) is 2.29. The first-order valence-electron chi connectivity index (χ1n) is 5.94. The second kappa shape index (κ2) is 8.25. The molecule has 2 N–H and O–H groups in total. The summed E-state index contributed by atoms with van der Waals surface area (Å²) in [5, 5.41) is 5.99. The van der Waals surface area contributed by atoms with E-state index >= 15 is 0 Å². The molecule has 0 heterocycles. The third-order valence-electron chi connectivity index (χ3n) is 2.36. The van der Waals surface area contributed by atoms with E-state index in [0.29, 0.717) is 13.1 Å². The van der Waals surface area contributed by atoms with Gasteiger partial charge >= 0.3 is 0 Å². The highest BCUT2D eigenvalue weighted by Gasteiger charge is 1.99. The van der Waals surface area contributed by atoms with Gasteiger partial charge in [-0.05, 0) is 24.1 Å². The zero-order valence-electron chi connectivity index (χ0n) is 10.1. The molecule has 0 unspecified atom stereocenters. The number of hydrogen-bond acceptors (Lipinski definition) is 2. The van der Waals surface area contributed by atoms with E-state index in [1.54, 1.807) is 0 Å². The van der Waals surface area contributed by atoms with Crippen LogP contribution in [-0.4, -0.2) is 19.0 Å². The Balaban J connectivity index is 2.17. The van der Waals surface area contributed by atoms with Crippen molar-refractivity contribution in [3.63, 3.8) is 0 Å². The lowest BCUT2D eigenvalue weighted by molar-refractivity contribution is -0.120. The van der Waals surface area contributed by atoms with Gasteiger partial charge in [0.2, 0.25) is 5.91 Å². The molecule has 0 aromatic heterocycles. The Morgan fingerprint density at radius 1 is 1.41 bits per heavy atom. The van der Waals surface area contributed by atoms with Crippen molar-refractivity contribution in [2.24, 2.45) is 0 Å². The lowest BCUT2D eigenvalue weighted by Gasteiger charge is -2.06. The molecule has 0 spiro atoms. The molecule has 4 heteroatoms. The lowest BCUT2D eigenvalue weighted by Crippen LogP contribution is -2.34. The van der Waals surface area contributed by atoms with Crippen molar-refractivity contribution in [1.29, 1.82) is 0 Å². The number of hydrogen-bond donors (Lipinski definition) is 2. The first-order chi connectivity index (χ1) is 8.22. The molecule has 0 atom stereocenters. The molecule has 0 bridgehead atoms. The number of carbonyl (C=O) groups is 1. The first kappa shape index (κ1) is 14.2. The van der Waals surface area contributed by atoms with E-state index in [4.69, 9.17) is 0 Å². The molecule has 0 aliphatic carbocycles. The summed E-state index contributed by atoms with van der Waals surface area (Å²) in [7, 11) is 0. The van der Waals surface area contributed by atoms with Crippen molar-refractivity contribution in [2.75, 3.05) is 13.1 Å². The van der Waals surface area contributed by atoms with Crippen molar-refractivity contribution in [2.45, 2.75) is 26.3 Å². The maximum absolute atomic E-state index is 11.4. The second-order valence-electron chi connectivity index (χ2n) is 3.94. The summed E-state index contributed by atoms with van der Waals surface area (Å²) in [4.78, 5) is 11.4. The van der Waals surface area contributed by atoms with Crippen LogP contribution in [0.1, 0.15) is 25.3 Å². The smallest absolute Gasteiger partial charge is 0.233 e. The van der Waals surface area contributed by atoms with E-state index in [1.807, 2.05) is 24.3 Å². The molecule has 1 amide bonds. The zero-order valence-corrected chi connectivity index (χ0v) is 11.7. The SMILES string of the molecule is CCCCNC(=O)CNCc1cccc(Br)c1. The quantitative estimate of drug-likeness (QED) is 0.759. The topological polar surface area (TPSA) is 41.1 Å². The van der Waals surface area contributed by atoms with Crippen molar-refractivity contribution >= 4 is 21.8 Å². The molecule has 0 radical (unpaired) electrons. The fourth-order valence-electron chi connectivity index (χ4n) is 1.43. The maximum atomic E-state index is 11.4. The molecule has 0 aliphatic rings. The van der Waals surface area contributed by atoms with Gasteiger partial charge in [-0.1, -0.05) is 41.4 Å². The van der Waals surface area contributed by atoms with E-state index in [-0.39, 0.29) is 5.91 Å². The standard InChI is InChI=1S/C13H19BrN2O/c1-2-3-7-16-13(17)10-15-9-11-5-4-6-12(14)8-11/h4-6,8,15H,2-3,7,9-10H2,1H3,(H,16,17). The number of amides is 1. The molecule has 0 aliphatic heterocycles. The minimum atomic E-state index is 0.0634. The number of halogens is 1. The van der Waals surface area contributed by atoms with Gasteiger partial charge in [0, 0.05) is 17.6 Å². The van der Waals surface area contributed by atoms with Gasteiger partial charge < -0.3 is 10.6 Å². The van der Waals surface area contributed by atoms with Gasteiger partial charge in [0.25, 0.3) is 0 Å². The Hall–Kier alpha value is -0.870. The van der Waals surface area contributed by atoms with Crippen LogP contribution in [0.5, 0.6) is 0 Å². The minimum absolute atomic E-state index is 0.0634. The molecule has 0 fully saturated rings. The Labute approximate surface area is 111 Å². The van der Waals surface area contributed by atoms with Gasteiger partial charge in [0.15, 0.2) is 0 Å². The van der Waals surface area contributed by atoms with Crippen LogP contribution in [0.3, 0.4) is 0 Å². The summed E-state index contributed by atoms with van der Waals surface area (Å²) in [5.74, 6) is 0.0634. The minimum Gasteiger partial charge on any atom is -0.355 e. The van der Waals surface area contributed by atoms with Gasteiger partial charge in [0.05, 0.1) is 6.54 Å². The molecule has 17 heavy (non-hydrogen) atoms. The van der Waals surface area contributed by atoms with Gasteiger partial charge in [0.1, 0.15) is 0 Å². The lowest BCUT2D eigenvalue weighted by atomic mass is 10.2. The van der Waals surface area contributed by atoms with Crippen LogP contribution in [0.2, 0.25) is 0 Å². The van der Waals surface area contributed by atoms with E-state index in [1.165, 1.54) is 5.56 Å². The average molecular weight is 299 g/mol. The van der Waals surface area contributed by atoms with Crippen LogP contribution in [0.4, 0.5) is 0 Å². The van der Waals surface area contributed by atoms with E-state index in [0.717, 1.165) is 23.9 Å². The van der Waals surface area contributed by atoms with E-state index in [9.17, 15) is 4.79 Å². The van der Waals surface area contributed by atoms with Crippen LogP contribution in [0.25, 0.3) is 0 Å². The van der Waals surface area contributed by atoms with Crippen LogP contribution >= 0.6 is 15.9 Å². The van der Waals surface area contributed by atoms with Crippen molar-refractivity contribution in [3.8, 4) is 0 Å². The summed E-state index contributed by atoms with van der Waals surface area (Å²) < 4.78 is 1.06. The Kier molecular flexibility index (Phi) is 6.89. The number of unbranched alkanes of at least 4 members (excludes halogenated alkanes) is 1. The molecule has 94 valence electrons. The number of nitrogens with one attached hydrogen (secondary N) is 2. The molecule has 1 rings (SSSR count). The van der Waals surface area contributed by atoms with E-state index in [2.05, 4.69) is 33.5 Å². The Bertz CT molecular complexity index is 355. The summed E-state index contributed by atoms with van der Waals surface area (Å²) in [5.41, 5.74) is 1.17. The summed E-state index contributed by atoms with van der Waals surface area (Å²) in [6, 6.07) is 8.05. The van der Waals surface area contributed by atoms with Crippen LogP contribution in [0.15, 0.2) is 28.7 Å².